The minimum atomic E-state index is -2.89. The van der Waals surface area contributed by atoms with Crippen LogP contribution in [-0.4, -0.2) is 39.3 Å². The van der Waals surface area contributed by atoms with Gasteiger partial charge in [0, 0.05) is 24.0 Å². The van der Waals surface area contributed by atoms with Crippen molar-refractivity contribution in [3.05, 3.63) is 53.2 Å². The summed E-state index contributed by atoms with van der Waals surface area (Å²) in [6.07, 6.45) is -0.965. The van der Waals surface area contributed by atoms with Gasteiger partial charge in [0.15, 0.2) is 0 Å². The van der Waals surface area contributed by atoms with Crippen LogP contribution in [0.3, 0.4) is 0 Å². The quantitative estimate of drug-likeness (QED) is 0.650. The summed E-state index contributed by atoms with van der Waals surface area (Å²) in [5.74, 6) is 0.740. The molecule has 1 aliphatic heterocycles. The maximum Gasteiger partial charge on any atom is 0.266 e. The smallest absolute Gasteiger partial charge is 0.266 e. The molecule has 2 aromatic heterocycles. The van der Waals surface area contributed by atoms with Gasteiger partial charge in [-0.2, -0.15) is 0 Å². The van der Waals surface area contributed by atoms with E-state index in [1.165, 1.54) is 12.1 Å². The first-order chi connectivity index (χ1) is 14.3. The Kier molecular flexibility index (Phi) is 5.46. The average Bonchev–Trinajstić information content (AvgIpc) is 3.13. The number of alkyl halides is 2. The van der Waals surface area contributed by atoms with Crippen LogP contribution in [0.25, 0.3) is 10.9 Å². The normalized spacial score (nSPS) is 17.7. The van der Waals surface area contributed by atoms with Crippen LogP contribution in [0.4, 0.5) is 24.8 Å². The Morgan fingerprint density at radius 3 is 2.70 bits per heavy atom. The lowest BCUT2D eigenvalue weighted by atomic mass is 10.0. The monoisotopic (exact) mass is 417 g/mol. The standard InChI is InChI=1S/C21H22F3N5O/c1-11(14-4-3-5-15(19(14)22)20(23)24)26-21-16-8-18(29-7-6-13(30)10-29)25-9-17(16)27-12(2)28-21/h3-5,8-9,11,13,20,30H,6-7,10H2,1-2H3,(H,26,27,28)/t11-,13-/m1/s1. The first kappa shape index (κ1) is 20.3. The van der Waals surface area contributed by atoms with Gasteiger partial charge in [0.05, 0.1) is 29.4 Å². The van der Waals surface area contributed by atoms with E-state index in [-0.39, 0.29) is 11.7 Å². The topological polar surface area (TPSA) is 74.2 Å². The first-order valence-corrected chi connectivity index (χ1v) is 9.74. The van der Waals surface area contributed by atoms with Crippen molar-refractivity contribution in [2.75, 3.05) is 23.3 Å². The fourth-order valence-corrected chi connectivity index (χ4v) is 3.72. The molecule has 2 atom stereocenters. The van der Waals surface area contributed by atoms with Gasteiger partial charge in [-0.25, -0.2) is 28.1 Å². The van der Waals surface area contributed by atoms with Gasteiger partial charge in [-0.1, -0.05) is 18.2 Å². The van der Waals surface area contributed by atoms with E-state index in [1.54, 1.807) is 20.0 Å². The van der Waals surface area contributed by atoms with E-state index < -0.39 is 23.8 Å². The number of pyridine rings is 1. The third kappa shape index (κ3) is 3.89. The van der Waals surface area contributed by atoms with Crippen molar-refractivity contribution in [3.8, 4) is 0 Å². The van der Waals surface area contributed by atoms with Crippen molar-refractivity contribution < 1.29 is 18.3 Å². The molecule has 0 radical (unpaired) electrons. The van der Waals surface area contributed by atoms with Crippen LogP contribution in [0, 0.1) is 12.7 Å². The van der Waals surface area contributed by atoms with Crippen molar-refractivity contribution in [3.63, 3.8) is 0 Å². The van der Waals surface area contributed by atoms with Gasteiger partial charge in [0.2, 0.25) is 0 Å². The van der Waals surface area contributed by atoms with Crippen molar-refractivity contribution in [2.45, 2.75) is 38.8 Å². The van der Waals surface area contributed by atoms with Gasteiger partial charge in [-0.05, 0) is 26.3 Å². The van der Waals surface area contributed by atoms with E-state index in [4.69, 9.17) is 0 Å². The summed E-state index contributed by atoms with van der Waals surface area (Å²) >= 11 is 0. The number of hydrogen-bond acceptors (Lipinski definition) is 6. The summed E-state index contributed by atoms with van der Waals surface area (Å²) in [6.45, 7) is 4.61. The number of nitrogens with zero attached hydrogens (tertiary/aromatic N) is 4. The average molecular weight is 417 g/mol. The Morgan fingerprint density at radius 1 is 1.23 bits per heavy atom. The molecular formula is C21H22F3N5O. The molecule has 1 aromatic carbocycles. The van der Waals surface area contributed by atoms with Gasteiger partial charge < -0.3 is 15.3 Å². The number of aryl methyl sites for hydroxylation is 1. The number of benzene rings is 1. The predicted octanol–water partition coefficient (Wildman–Crippen LogP) is 4.15. The molecule has 2 N–H and O–H groups in total. The van der Waals surface area contributed by atoms with Crippen LogP contribution in [0.2, 0.25) is 0 Å². The molecule has 1 fully saturated rings. The van der Waals surface area contributed by atoms with Crippen molar-refractivity contribution in [2.24, 2.45) is 0 Å². The number of aromatic nitrogens is 3. The van der Waals surface area contributed by atoms with Gasteiger partial charge in [-0.15, -0.1) is 0 Å². The number of hydrogen-bond donors (Lipinski definition) is 2. The van der Waals surface area contributed by atoms with Crippen molar-refractivity contribution in [1.82, 2.24) is 15.0 Å². The van der Waals surface area contributed by atoms with Crippen LogP contribution >= 0.6 is 0 Å². The number of anilines is 2. The van der Waals surface area contributed by atoms with E-state index in [0.29, 0.717) is 47.9 Å². The number of nitrogens with one attached hydrogen (secondary N) is 1. The van der Waals surface area contributed by atoms with Crippen molar-refractivity contribution in [1.29, 1.82) is 0 Å². The Labute approximate surface area is 171 Å². The molecule has 3 aromatic rings. The third-order valence-electron chi connectivity index (χ3n) is 5.28. The fourth-order valence-electron chi connectivity index (χ4n) is 3.72. The number of fused-ring (bicyclic) bond motifs is 1. The predicted molar refractivity (Wildman–Crippen MR) is 108 cm³/mol. The number of rotatable bonds is 5. The van der Waals surface area contributed by atoms with Crippen LogP contribution < -0.4 is 10.2 Å². The van der Waals surface area contributed by atoms with Crippen LogP contribution in [0.5, 0.6) is 0 Å². The first-order valence-electron chi connectivity index (χ1n) is 9.74. The molecule has 4 rings (SSSR count). The van der Waals surface area contributed by atoms with Crippen LogP contribution in [0.15, 0.2) is 30.5 Å². The zero-order chi connectivity index (χ0) is 21.4. The molecule has 0 spiro atoms. The van der Waals surface area contributed by atoms with Gasteiger partial charge in [-0.3, -0.25) is 0 Å². The molecule has 0 bridgehead atoms. The Balaban J connectivity index is 1.70. The number of β-amino-alcohol motifs (C(OH)–C–C–N with tert-alkyl or cyclic N) is 1. The fraction of sp³-hybridized carbons (Fsp3) is 0.381. The maximum atomic E-state index is 14.6. The molecule has 0 saturated carbocycles. The Hall–Kier alpha value is -2.94. The molecule has 1 aliphatic rings. The van der Waals surface area contributed by atoms with E-state index in [0.717, 1.165) is 6.07 Å². The second-order valence-electron chi connectivity index (χ2n) is 7.48. The SMILES string of the molecule is Cc1nc(N[C@H](C)c2cccc(C(F)F)c2F)c2cc(N3CC[C@@H](O)C3)ncc2n1. The Bertz CT molecular complexity index is 1080. The number of aliphatic hydroxyl groups is 1. The van der Waals surface area contributed by atoms with Gasteiger partial charge >= 0.3 is 0 Å². The summed E-state index contributed by atoms with van der Waals surface area (Å²) < 4.78 is 40.7. The summed E-state index contributed by atoms with van der Waals surface area (Å²) in [5, 5.41) is 13.6. The highest BCUT2D eigenvalue weighted by Gasteiger charge is 2.23. The third-order valence-corrected chi connectivity index (χ3v) is 5.28. The molecule has 9 heteroatoms. The van der Waals surface area contributed by atoms with E-state index in [1.807, 2.05) is 11.0 Å². The van der Waals surface area contributed by atoms with Gasteiger partial charge in [0.1, 0.15) is 23.3 Å². The summed E-state index contributed by atoms with van der Waals surface area (Å²) in [4.78, 5) is 15.3. The molecule has 6 nitrogen and oxygen atoms in total. The minimum absolute atomic E-state index is 0.133. The molecule has 30 heavy (non-hydrogen) atoms. The highest BCUT2D eigenvalue weighted by atomic mass is 19.3. The van der Waals surface area contributed by atoms with E-state index in [9.17, 15) is 18.3 Å². The molecule has 3 heterocycles. The summed E-state index contributed by atoms with van der Waals surface area (Å²) in [6, 6.07) is 5.21. The summed E-state index contributed by atoms with van der Waals surface area (Å²) in [5.41, 5.74) is 0.126. The van der Waals surface area contributed by atoms with Gasteiger partial charge in [0.25, 0.3) is 6.43 Å². The van der Waals surface area contributed by atoms with Crippen LogP contribution in [-0.2, 0) is 0 Å². The largest absolute Gasteiger partial charge is 0.391 e. The molecule has 0 unspecified atom stereocenters. The second-order valence-corrected chi connectivity index (χ2v) is 7.48. The molecule has 1 saturated heterocycles. The van der Waals surface area contributed by atoms with E-state index in [2.05, 4.69) is 20.3 Å². The Morgan fingerprint density at radius 2 is 2.00 bits per heavy atom. The molecule has 158 valence electrons. The summed E-state index contributed by atoms with van der Waals surface area (Å²) in [7, 11) is 0. The zero-order valence-electron chi connectivity index (χ0n) is 16.6. The lowest BCUT2D eigenvalue weighted by Gasteiger charge is -2.20. The van der Waals surface area contributed by atoms with E-state index >= 15 is 0 Å². The molecular weight excluding hydrogens is 395 g/mol. The number of halogens is 3. The minimum Gasteiger partial charge on any atom is -0.391 e. The zero-order valence-corrected chi connectivity index (χ0v) is 16.6. The molecule has 0 amide bonds. The van der Waals surface area contributed by atoms with Crippen molar-refractivity contribution >= 4 is 22.5 Å². The lowest BCUT2D eigenvalue weighted by Crippen LogP contribution is -2.22. The highest BCUT2D eigenvalue weighted by Crippen LogP contribution is 2.31. The number of aliphatic hydroxyl groups excluding tert-OH is 1. The second kappa shape index (κ2) is 8.06. The molecule has 0 aliphatic carbocycles. The van der Waals surface area contributed by atoms with Crippen LogP contribution in [0.1, 0.15) is 42.8 Å². The maximum absolute atomic E-state index is 14.6. The highest BCUT2D eigenvalue weighted by molar-refractivity contribution is 5.90. The lowest BCUT2D eigenvalue weighted by molar-refractivity contribution is 0.146.